The highest BCUT2D eigenvalue weighted by Gasteiger charge is 2.14. The van der Waals surface area contributed by atoms with Crippen molar-refractivity contribution in [1.29, 1.82) is 0 Å². The summed E-state index contributed by atoms with van der Waals surface area (Å²) in [6.07, 6.45) is 1.98. The molecule has 1 heterocycles. The first-order valence-corrected chi connectivity index (χ1v) is 4.90. The van der Waals surface area contributed by atoms with Crippen molar-refractivity contribution in [3.63, 3.8) is 0 Å². The maximum Gasteiger partial charge on any atom is 0.123 e. The number of nitrogens with one attached hydrogen (secondary N) is 1. The molecule has 0 aromatic carbocycles. The Morgan fingerprint density at radius 2 is 2.07 bits per heavy atom. The lowest BCUT2D eigenvalue weighted by Crippen LogP contribution is -2.09. The number of allylic oxidation sites excluding steroid dienone is 2. The Bertz CT molecular complexity index is 277. The molecule has 0 aromatic heterocycles. The smallest absolute Gasteiger partial charge is 0.123 e. The molecule has 0 saturated heterocycles. The summed E-state index contributed by atoms with van der Waals surface area (Å²) in [6.45, 7) is 9.80. The van der Waals surface area contributed by atoms with E-state index in [1.165, 1.54) is 11.1 Å². The van der Waals surface area contributed by atoms with E-state index in [9.17, 15) is 0 Å². The van der Waals surface area contributed by atoms with E-state index in [1.54, 1.807) is 7.11 Å². The standard InChI is InChI=1S/C11H17NO.CH4O/c1-8(2)5-11(13-4)10-7-12-6-9(10)3;1-2/h5,12H,1,6-7H2,2-4H3;2H,1H3/b11-5+;. The summed E-state index contributed by atoms with van der Waals surface area (Å²) in [6, 6.07) is 0. The molecule has 3 heteroatoms. The Kier molecular flexibility index (Phi) is 6.75. The first-order chi connectivity index (χ1) is 7.15. The predicted molar refractivity (Wildman–Crippen MR) is 63.6 cm³/mol. The molecule has 1 aliphatic rings. The maximum atomic E-state index is 7.00. The van der Waals surface area contributed by atoms with Crippen LogP contribution in [0.1, 0.15) is 13.8 Å². The third kappa shape index (κ3) is 4.32. The molecular weight excluding hydrogens is 190 g/mol. The summed E-state index contributed by atoms with van der Waals surface area (Å²) in [5, 5.41) is 10.3. The minimum absolute atomic E-state index is 0.902. The van der Waals surface area contributed by atoms with Gasteiger partial charge in [0, 0.05) is 25.8 Å². The molecule has 0 amide bonds. The van der Waals surface area contributed by atoms with Gasteiger partial charge in [0.25, 0.3) is 0 Å². The van der Waals surface area contributed by atoms with Gasteiger partial charge in [-0.15, -0.1) is 0 Å². The second-order valence-corrected chi connectivity index (χ2v) is 3.42. The van der Waals surface area contributed by atoms with Gasteiger partial charge in [-0.25, -0.2) is 0 Å². The third-order valence-corrected chi connectivity index (χ3v) is 2.10. The van der Waals surface area contributed by atoms with E-state index in [2.05, 4.69) is 18.8 Å². The summed E-state index contributed by atoms with van der Waals surface area (Å²) in [7, 11) is 2.70. The Morgan fingerprint density at radius 1 is 1.47 bits per heavy atom. The fourth-order valence-corrected chi connectivity index (χ4v) is 1.42. The van der Waals surface area contributed by atoms with Crippen LogP contribution in [-0.2, 0) is 4.74 Å². The molecule has 0 fully saturated rings. The van der Waals surface area contributed by atoms with Gasteiger partial charge < -0.3 is 15.2 Å². The molecule has 0 radical (unpaired) electrons. The van der Waals surface area contributed by atoms with Crippen molar-refractivity contribution in [2.45, 2.75) is 13.8 Å². The molecular formula is C12H21NO2. The SMILES string of the molecule is C=C(C)/C=C(/OC)C1=C(C)CNC1.CO. The summed E-state index contributed by atoms with van der Waals surface area (Å²) in [5.41, 5.74) is 3.64. The van der Waals surface area contributed by atoms with E-state index in [-0.39, 0.29) is 0 Å². The van der Waals surface area contributed by atoms with Crippen LogP contribution in [0.5, 0.6) is 0 Å². The second-order valence-electron chi connectivity index (χ2n) is 3.42. The van der Waals surface area contributed by atoms with E-state index >= 15 is 0 Å². The fourth-order valence-electron chi connectivity index (χ4n) is 1.42. The number of hydrogen-bond donors (Lipinski definition) is 2. The van der Waals surface area contributed by atoms with Crippen LogP contribution in [0, 0.1) is 0 Å². The van der Waals surface area contributed by atoms with Crippen LogP contribution in [-0.4, -0.2) is 32.4 Å². The van der Waals surface area contributed by atoms with Crippen molar-refractivity contribution in [3.8, 4) is 0 Å². The number of aliphatic hydroxyl groups is 1. The quantitative estimate of drug-likeness (QED) is 0.550. The summed E-state index contributed by atoms with van der Waals surface area (Å²) < 4.78 is 5.32. The van der Waals surface area contributed by atoms with Crippen molar-refractivity contribution in [1.82, 2.24) is 5.32 Å². The molecule has 0 unspecified atom stereocenters. The zero-order chi connectivity index (χ0) is 11.8. The normalized spacial score (nSPS) is 15.9. The monoisotopic (exact) mass is 211 g/mol. The molecule has 86 valence electrons. The van der Waals surface area contributed by atoms with Gasteiger partial charge in [-0.2, -0.15) is 0 Å². The Hall–Kier alpha value is -1.06. The molecule has 3 nitrogen and oxygen atoms in total. The average molecular weight is 211 g/mol. The molecule has 0 saturated carbocycles. The number of ether oxygens (including phenoxy) is 1. The van der Waals surface area contributed by atoms with E-state index < -0.39 is 0 Å². The van der Waals surface area contributed by atoms with E-state index in [1.807, 2.05) is 13.0 Å². The highest BCUT2D eigenvalue weighted by Crippen LogP contribution is 2.19. The van der Waals surface area contributed by atoms with Crippen LogP contribution in [0.4, 0.5) is 0 Å². The summed E-state index contributed by atoms with van der Waals surface area (Å²) >= 11 is 0. The first-order valence-electron chi connectivity index (χ1n) is 4.90. The van der Waals surface area contributed by atoms with Crippen molar-refractivity contribution >= 4 is 0 Å². The molecule has 2 N–H and O–H groups in total. The van der Waals surface area contributed by atoms with Crippen LogP contribution in [0.25, 0.3) is 0 Å². The number of aliphatic hydroxyl groups excluding tert-OH is 1. The highest BCUT2D eigenvalue weighted by molar-refractivity contribution is 5.38. The topological polar surface area (TPSA) is 41.5 Å². The van der Waals surface area contributed by atoms with Crippen LogP contribution >= 0.6 is 0 Å². The number of hydrogen-bond acceptors (Lipinski definition) is 3. The van der Waals surface area contributed by atoms with Crippen LogP contribution in [0.15, 0.2) is 35.1 Å². The Labute approximate surface area is 92.1 Å². The van der Waals surface area contributed by atoms with Crippen molar-refractivity contribution in [3.05, 3.63) is 35.1 Å². The lowest BCUT2D eigenvalue weighted by atomic mass is 10.1. The fraction of sp³-hybridized carbons (Fsp3) is 0.500. The summed E-state index contributed by atoms with van der Waals surface area (Å²) in [4.78, 5) is 0. The van der Waals surface area contributed by atoms with Gasteiger partial charge >= 0.3 is 0 Å². The van der Waals surface area contributed by atoms with E-state index in [0.717, 1.165) is 31.5 Å². The molecule has 0 spiro atoms. The van der Waals surface area contributed by atoms with Gasteiger partial charge in [0.15, 0.2) is 0 Å². The minimum Gasteiger partial charge on any atom is -0.496 e. The van der Waals surface area contributed by atoms with Crippen molar-refractivity contribution in [2.75, 3.05) is 27.3 Å². The third-order valence-electron chi connectivity index (χ3n) is 2.10. The van der Waals surface area contributed by atoms with E-state index in [4.69, 9.17) is 9.84 Å². The molecule has 0 bridgehead atoms. The molecule has 1 rings (SSSR count). The Balaban J connectivity index is 0.000000921. The molecule has 15 heavy (non-hydrogen) atoms. The zero-order valence-corrected chi connectivity index (χ0v) is 10.1. The first kappa shape index (κ1) is 13.9. The molecule has 0 aliphatic carbocycles. The molecule has 1 aliphatic heterocycles. The van der Waals surface area contributed by atoms with Crippen molar-refractivity contribution in [2.24, 2.45) is 0 Å². The number of methoxy groups -OCH3 is 1. The van der Waals surface area contributed by atoms with Gasteiger partial charge in [-0.05, 0) is 19.9 Å². The second kappa shape index (κ2) is 7.26. The van der Waals surface area contributed by atoms with E-state index in [0.29, 0.717) is 0 Å². The zero-order valence-electron chi connectivity index (χ0n) is 10.1. The van der Waals surface area contributed by atoms with Crippen LogP contribution in [0.2, 0.25) is 0 Å². The largest absolute Gasteiger partial charge is 0.496 e. The highest BCUT2D eigenvalue weighted by atomic mass is 16.5. The van der Waals surface area contributed by atoms with Gasteiger partial charge in [-0.3, -0.25) is 0 Å². The predicted octanol–water partition coefficient (Wildman–Crippen LogP) is 1.62. The van der Waals surface area contributed by atoms with Crippen LogP contribution in [0.3, 0.4) is 0 Å². The van der Waals surface area contributed by atoms with Gasteiger partial charge in [0.1, 0.15) is 5.76 Å². The lowest BCUT2D eigenvalue weighted by molar-refractivity contribution is 0.299. The minimum atomic E-state index is 0.902. The lowest BCUT2D eigenvalue weighted by Gasteiger charge is -2.08. The van der Waals surface area contributed by atoms with Gasteiger partial charge in [0.2, 0.25) is 0 Å². The Morgan fingerprint density at radius 3 is 2.40 bits per heavy atom. The number of rotatable bonds is 3. The molecule has 0 aromatic rings. The molecule has 0 atom stereocenters. The van der Waals surface area contributed by atoms with Gasteiger partial charge in [0.05, 0.1) is 7.11 Å². The average Bonchev–Trinajstić information content (AvgIpc) is 2.64. The van der Waals surface area contributed by atoms with Crippen LogP contribution < -0.4 is 5.32 Å². The summed E-state index contributed by atoms with van der Waals surface area (Å²) in [5.74, 6) is 0.940. The van der Waals surface area contributed by atoms with Crippen molar-refractivity contribution < 1.29 is 9.84 Å². The maximum absolute atomic E-state index is 7.00. The van der Waals surface area contributed by atoms with Gasteiger partial charge in [-0.1, -0.05) is 17.7 Å².